The van der Waals surface area contributed by atoms with Crippen LogP contribution in [0, 0.1) is 0 Å². The SMILES string of the molecule is CCO[C@H]1C[C@@H](c2cccnc2)N(c2ccccc2)O1. The molecule has 4 heteroatoms. The number of para-hydroxylation sites is 1. The van der Waals surface area contributed by atoms with Gasteiger partial charge in [0.05, 0.1) is 11.7 Å². The molecule has 0 spiro atoms. The van der Waals surface area contributed by atoms with Crippen LogP contribution in [0.3, 0.4) is 0 Å². The number of ether oxygens (including phenoxy) is 1. The van der Waals surface area contributed by atoms with E-state index in [1.807, 2.05) is 54.6 Å². The molecule has 0 aliphatic carbocycles. The predicted molar refractivity (Wildman–Crippen MR) is 77.0 cm³/mol. The lowest BCUT2D eigenvalue weighted by Crippen LogP contribution is -2.22. The van der Waals surface area contributed by atoms with Crippen LogP contribution in [0.2, 0.25) is 0 Å². The average molecular weight is 270 g/mol. The zero-order valence-electron chi connectivity index (χ0n) is 11.5. The van der Waals surface area contributed by atoms with Crippen molar-refractivity contribution in [3.63, 3.8) is 0 Å². The average Bonchev–Trinajstić information content (AvgIpc) is 2.93. The van der Waals surface area contributed by atoms with E-state index in [-0.39, 0.29) is 12.3 Å². The Morgan fingerprint density at radius 3 is 2.80 bits per heavy atom. The van der Waals surface area contributed by atoms with Crippen LogP contribution in [-0.4, -0.2) is 17.9 Å². The molecule has 1 aromatic heterocycles. The number of rotatable bonds is 4. The molecule has 3 rings (SSSR count). The maximum atomic E-state index is 5.94. The van der Waals surface area contributed by atoms with Gasteiger partial charge in [-0.15, -0.1) is 0 Å². The van der Waals surface area contributed by atoms with Crippen molar-refractivity contribution in [1.82, 2.24) is 4.98 Å². The summed E-state index contributed by atoms with van der Waals surface area (Å²) in [6.45, 7) is 2.63. The summed E-state index contributed by atoms with van der Waals surface area (Å²) in [5.41, 5.74) is 2.17. The van der Waals surface area contributed by atoms with Gasteiger partial charge in [0.1, 0.15) is 0 Å². The van der Waals surface area contributed by atoms with Crippen molar-refractivity contribution in [2.45, 2.75) is 25.7 Å². The standard InChI is InChI=1S/C16H18N2O2/c1-2-19-16-11-15(13-7-6-10-17-12-13)18(20-16)14-8-4-3-5-9-14/h3-10,12,15-16H,2,11H2,1H3/t15-,16+/m0/s1. The molecule has 4 nitrogen and oxygen atoms in total. The highest BCUT2D eigenvalue weighted by atomic mass is 16.8. The van der Waals surface area contributed by atoms with Crippen molar-refractivity contribution < 1.29 is 9.57 Å². The van der Waals surface area contributed by atoms with Crippen LogP contribution in [0.4, 0.5) is 5.69 Å². The van der Waals surface area contributed by atoms with Crippen molar-refractivity contribution >= 4 is 5.69 Å². The second kappa shape index (κ2) is 6.03. The Bertz CT molecular complexity index is 485. The minimum absolute atomic E-state index is 0.127. The normalized spacial score (nSPS) is 22.1. The lowest BCUT2D eigenvalue weighted by molar-refractivity contribution is -0.115. The fourth-order valence-electron chi connectivity index (χ4n) is 2.47. The molecule has 1 aliphatic heterocycles. The van der Waals surface area contributed by atoms with Gasteiger partial charge in [0.25, 0.3) is 0 Å². The summed E-state index contributed by atoms with van der Waals surface area (Å²) in [6, 6.07) is 14.2. The first kappa shape index (κ1) is 13.1. The first-order chi connectivity index (χ1) is 9.88. The molecular formula is C16H18N2O2. The quantitative estimate of drug-likeness (QED) is 0.853. The van der Waals surface area contributed by atoms with Gasteiger partial charge in [0.2, 0.25) is 0 Å². The molecule has 2 atom stereocenters. The second-order valence-corrected chi connectivity index (χ2v) is 4.69. The van der Waals surface area contributed by atoms with Gasteiger partial charge in [-0.1, -0.05) is 24.3 Å². The summed E-state index contributed by atoms with van der Waals surface area (Å²) in [4.78, 5) is 10.1. The zero-order valence-corrected chi connectivity index (χ0v) is 11.5. The zero-order chi connectivity index (χ0) is 13.8. The van der Waals surface area contributed by atoms with Gasteiger partial charge in [-0.25, -0.2) is 9.90 Å². The molecule has 0 amide bonds. The number of hydrogen-bond acceptors (Lipinski definition) is 4. The minimum atomic E-state index is -0.203. The Balaban J connectivity index is 1.89. The summed E-state index contributed by atoms with van der Waals surface area (Å²) in [6.07, 6.45) is 4.27. The van der Waals surface area contributed by atoms with Crippen LogP contribution >= 0.6 is 0 Å². The maximum Gasteiger partial charge on any atom is 0.186 e. The molecule has 2 heterocycles. The van der Waals surface area contributed by atoms with Gasteiger partial charge >= 0.3 is 0 Å². The van der Waals surface area contributed by atoms with Crippen molar-refractivity contribution in [2.75, 3.05) is 11.7 Å². The topological polar surface area (TPSA) is 34.6 Å². The van der Waals surface area contributed by atoms with Gasteiger partial charge < -0.3 is 4.74 Å². The third kappa shape index (κ3) is 2.66. The van der Waals surface area contributed by atoms with Gasteiger partial charge in [0.15, 0.2) is 6.29 Å². The summed E-state index contributed by atoms with van der Waals surface area (Å²) in [5.74, 6) is 0. The number of benzene rings is 1. The van der Waals surface area contributed by atoms with Crippen LogP contribution in [0.5, 0.6) is 0 Å². The maximum absolute atomic E-state index is 5.94. The van der Waals surface area contributed by atoms with Gasteiger partial charge in [-0.3, -0.25) is 4.98 Å². The first-order valence-corrected chi connectivity index (χ1v) is 6.91. The molecule has 0 bridgehead atoms. The van der Waals surface area contributed by atoms with Crippen LogP contribution in [0.25, 0.3) is 0 Å². The molecule has 1 aromatic carbocycles. The van der Waals surface area contributed by atoms with Crippen LogP contribution < -0.4 is 5.06 Å². The monoisotopic (exact) mass is 270 g/mol. The molecule has 0 radical (unpaired) electrons. The van der Waals surface area contributed by atoms with Crippen molar-refractivity contribution in [2.24, 2.45) is 0 Å². The van der Waals surface area contributed by atoms with E-state index in [0.717, 1.165) is 17.7 Å². The fourth-order valence-corrected chi connectivity index (χ4v) is 2.47. The third-order valence-corrected chi connectivity index (χ3v) is 3.36. The van der Waals surface area contributed by atoms with E-state index in [1.54, 1.807) is 6.20 Å². The van der Waals surface area contributed by atoms with E-state index in [0.29, 0.717) is 6.61 Å². The summed E-state index contributed by atoms with van der Waals surface area (Å²) in [7, 11) is 0. The third-order valence-electron chi connectivity index (χ3n) is 3.36. The number of hydrogen-bond donors (Lipinski definition) is 0. The Hall–Kier alpha value is -1.91. The number of aromatic nitrogens is 1. The Labute approximate surface area is 118 Å². The number of hydroxylamine groups is 1. The van der Waals surface area contributed by atoms with E-state index < -0.39 is 0 Å². The molecule has 0 unspecified atom stereocenters. The lowest BCUT2D eigenvalue weighted by atomic mass is 10.1. The van der Waals surface area contributed by atoms with Gasteiger partial charge in [-0.2, -0.15) is 0 Å². The second-order valence-electron chi connectivity index (χ2n) is 4.69. The smallest absolute Gasteiger partial charge is 0.186 e. The molecule has 1 aliphatic rings. The van der Waals surface area contributed by atoms with Crippen molar-refractivity contribution in [1.29, 1.82) is 0 Å². The van der Waals surface area contributed by atoms with E-state index in [1.165, 1.54) is 0 Å². The summed E-state index contributed by atoms with van der Waals surface area (Å²) in [5, 5.41) is 1.93. The van der Waals surface area contributed by atoms with E-state index >= 15 is 0 Å². The predicted octanol–water partition coefficient (Wildman–Crippen LogP) is 3.33. The molecule has 1 fully saturated rings. The largest absolute Gasteiger partial charge is 0.350 e. The number of pyridine rings is 1. The Morgan fingerprint density at radius 2 is 2.10 bits per heavy atom. The van der Waals surface area contributed by atoms with Crippen LogP contribution in [0.15, 0.2) is 54.9 Å². The molecule has 0 saturated carbocycles. The summed E-state index contributed by atoms with van der Waals surface area (Å²) < 4.78 is 5.62. The molecule has 0 N–H and O–H groups in total. The Kier molecular flexibility index (Phi) is 3.95. The van der Waals surface area contributed by atoms with Crippen LogP contribution in [0.1, 0.15) is 24.9 Å². The van der Waals surface area contributed by atoms with Crippen molar-refractivity contribution in [3.8, 4) is 0 Å². The van der Waals surface area contributed by atoms with E-state index in [4.69, 9.17) is 9.57 Å². The highest BCUT2D eigenvalue weighted by Crippen LogP contribution is 2.37. The first-order valence-electron chi connectivity index (χ1n) is 6.91. The van der Waals surface area contributed by atoms with Gasteiger partial charge in [0, 0.05) is 25.4 Å². The fraction of sp³-hybridized carbons (Fsp3) is 0.312. The van der Waals surface area contributed by atoms with E-state index in [2.05, 4.69) is 11.1 Å². The van der Waals surface area contributed by atoms with Crippen LogP contribution in [-0.2, 0) is 9.57 Å². The van der Waals surface area contributed by atoms with Gasteiger partial charge in [-0.05, 0) is 30.7 Å². The molecule has 1 saturated heterocycles. The Morgan fingerprint density at radius 1 is 1.25 bits per heavy atom. The lowest BCUT2D eigenvalue weighted by Gasteiger charge is -2.24. The molecule has 104 valence electrons. The molecular weight excluding hydrogens is 252 g/mol. The molecule has 2 aromatic rings. The number of anilines is 1. The summed E-state index contributed by atoms with van der Waals surface area (Å²) >= 11 is 0. The van der Waals surface area contributed by atoms with E-state index in [9.17, 15) is 0 Å². The minimum Gasteiger partial charge on any atom is -0.350 e. The van der Waals surface area contributed by atoms with Crippen molar-refractivity contribution in [3.05, 3.63) is 60.4 Å². The molecule has 20 heavy (non-hydrogen) atoms. The number of nitrogens with zero attached hydrogens (tertiary/aromatic N) is 2. The highest BCUT2D eigenvalue weighted by molar-refractivity contribution is 5.46. The highest BCUT2D eigenvalue weighted by Gasteiger charge is 2.35.